The average Bonchev–Trinajstić information content (AvgIpc) is 3.55. The van der Waals surface area contributed by atoms with Crippen LogP contribution in [0.3, 0.4) is 0 Å². The van der Waals surface area contributed by atoms with Gasteiger partial charge in [-0.05, 0) is 42.5 Å². The zero-order valence-electron chi connectivity index (χ0n) is 18.8. The SMILES string of the molecule is c1ccc(-n2c3ccccc3c3c2c2cc4c(cc2n3-c2ccccc2)oc2ccccc24)cc1. The molecule has 3 nitrogen and oxygen atoms in total. The molecule has 0 N–H and O–H groups in total. The highest BCUT2D eigenvalue weighted by molar-refractivity contribution is 6.23. The molecular formula is C32H20N2O. The van der Waals surface area contributed by atoms with Gasteiger partial charge in [-0.2, -0.15) is 0 Å². The van der Waals surface area contributed by atoms with Crippen LogP contribution in [0.25, 0.3) is 66.2 Å². The topological polar surface area (TPSA) is 23.0 Å². The number of nitrogens with zero attached hydrogens (tertiary/aromatic N) is 2. The van der Waals surface area contributed by atoms with Crippen molar-refractivity contribution >= 4 is 54.8 Å². The second kappa shape index (κ2) is 6.87. The molecule has 0 radical (unpaired) electrons. The van der Waals surface area contributed by atoms with Crippen LogP contribution in [0.1, 0.15) is 0 Å². The summed E-state index contributed by atoms with van der Waals surface area (Å²) in [5.74, 6) is 0. The normalized spacial score (nSPS) is 12.0. The number of hydrogen-bond acceptors (Lipinski definition) is 1. The molecule has 0 atom stereocenters. The molecule has 0 spiro atoms. The maximum absolute atomic E-state index is 6.31. The molecule has 0 aliphatic carbocycles. The Kier molecular flexibility index (Phi) is 3.66. The van der Waals surface area contributed by atoms with Gasteiger partial charge in [-0.25, -0.2) is 0 Å². The number of hydrogen-bond donors (Lipinski definition) is 0. The molecule has 0 saturated heterocycles. The Balaban J connectivity index is 1.67. The summed E-state index contributed by atoms with van der Waals surface area (Å²) < 4.78 is 11.1. The van der Waals surface area contributed by atoms with Gasteiger partial charge >= 0.3 is 0 Å². The minimum Gasteiger partial charge on any atom is -0.456 e. The van der Waals surface area contributed by atoms with E-state index in [1.165, 1.54) is 27.3 Å². The summed E-state index contributed by atoms with van der Waals surface area (Å²) in [5.41, 5.74) is 8.89. The monoisotopic (exact) mass is 448 g/mol. The van der Waals surface area contributed by atoms with Crippen molar-refractivity contribution in [3.8, 4) is 11.4 Å². The van der Waals surface area contributed by atoms with Crippen LogP contribution in [-0.2, 0) is 0 Å². The lowest BCUT2D eigenvalue weighted by atomic mass is 10.1. The second-order valence-corrected chi connectivity index (χ2v) is 9.02. The van der Waals surface area contributed by atoms with Crippen LogP contribution >= 0.6 is 0 Å². The van der Waals surface area contributed by atoms with Crippen molar-refractivity contribution in [2.45, 2.75) is 0 Å². The fourth-order valence-electron chi connectivity index (χ4n) is 5.64. The van der Waals surface area contributed by atoms with Crippen LogP contribution < -0.4 is 0 Å². The van der Waals surface area contributed by atoms with Crippen molar-refractivity contribution < 1.29 is 4.42 Å². The minimum atomic E-state index is 0.909. The van der Waals surface area contributed by atoms with Crippen LogP contribution in [-0.4, -0.2) is 9.13 Å². The van der Waals surface area contributed by atoms with Crippen LogP contribution in [0.4, 0.5) is 0 Å². The average molecular weight is 449 g/mol. The predicted molar refractivity (Wildman–Crippen MR) is 145 cm³/mol. The molecule has 0 fully saturated rings. The van der Waals surface area contributed by atoms with Crippen LogP contribution in [0.2, 0.25) is 0 Å². The zero-order chi connectivity index (χ0) is 22.9. The smallest absolute Gasteiger partial charge is 0.137 e. The predicted octanol–water partition coefficient (Wildman–Crippen LogP) is 8.63. The van der Waals surface area contributed by atoms with Crippen molar-refractivity contribution in [3.63, 3.8) is 0 Å². The largest absolute Gasteiger partial charge is 0.456 e. The Labute approximate surface area is 201 Å². The quantitative estimate of drug-likeness (QED) is 0.259. The van der Waals surface area contributed by atoms with Gasteiger partial charge < -0.3 is 13.6 Å². The molecule has 3 heteroatoms. The molecule has 0 unspecified atom stereocenters. The molecule has 0 amide bonds. The van der Waals surface area contributed by atoms with Crippen molar-refractivity contribution in [1.29, 1.82) is 0 Å². The summed E-state index contributed by atoms with van der Waals surface area (Å²) in [4.78, 5) is 0. The third-order valence-corrected chi connectivity index (χ3v) is 7.09. The Bertz CT molecular complexity index is 2040. The molecule has 3 heterocycles. The zero-order valence-corrected chi connectivity index (χ0v) is 18.8. The number of benzene rings is 5. The Morgan fingerprint density at radius 3 is 1.71 bits per heavy atom. The van der Waals surface area contributed by atoms with Crippen LogP contribution in [0.15, 0.2) is 126 Å². The first-order chi connectivity index (χ1) is 17.4. The van der Waals surface area contributed by atoms with Crippen molar-refractivity contribution in [3.05, 3.63) is 121 Å². The third kappa shape index (κ3) is 2.50. The van der Waals surface area contributed by atoms with Crippen molar-refractivity contribution in [2.24, 2.45) is 0 Å². The number of rotatable bonds is 2. The molecule has 0 aliphatic rings. The number of fused-ring (bicyclic) bond motifs is 8. The second-order valence-electron chi connectivity index (χ2n) is 9.02. The summed E-state index contributed by atoms with van der Waals surface area (Å²) >= 11 is 0. The van der Waals surface area contributed by atoms with E-state index in [0.29, 0.717) is 0 Å². The Morgan fingerprint density at radius 1 is 0.400 bits per heavy atom. The van der Waals surface area contributed by atoms with E-state index in [4.69, 9.17) is 4.42 Å². The van der Waals surface area contributed by atoms with Gasteiger partial charge in [0.2, 0.25) is 0 Å². The first-order valence-electron chi connectivity index (χ1n) is 11.9. The van der Waals surface area contributed by atoms with Crippen LogP contribution in [0, 0.1) is 0 Å². The van der Waals surface area contributed by atoms with E-state index in [1.807, 2.05) is 12.1 Å². The summed E-state index contributed by atoms with van der Waals surface area (Å²) in [5, 5.41) is 4.73. The Morgan fingerprint density at radius 2 is 0.971 bits per heavy atom. The van der Waals surface area contributed by atoms with E-state index < -0.39 is 0 Å². The van der Waals surface area contributed by atoms with Gasteiger partial charge in [0.15, 0.2) is 0 Å². The van der Waals surface area contributed by atoms with Gasteiger partial charge in [0, 0.05) is 39.0 Å². The molecule has 0 saturated carbocycles. The van der Waals surface area contributed by atoms with Gasteiger partial charge in [-0.3, -0.25) is 0 Å². The minimum absolute atomic E-state index is 0.909. The fourth-order valence-corrected chi connectivity index (χ4v) is 5.64. The third-order valence-electron chi connectivity index (χ3n) is 7.09. The Hall–Kier alpha value is -4.76. The number of aromatic nitrogens is 2. The standard InChI is InChI=1S/C32H20N2O/c1-3-11-21(12-4-1)33-27-17-9-7-16-24(27)31-32(33)26-19-25-23-15-8-10-18-29(23)35-30(25)20-28(26)34(31)22-13-5-2-6-14-22/h1-20H. The lowest BCUT2D eigenvalue weighted by Crippen LogP contribution is -1.93. The maximum atomic E-state index is 6.31. The van der Waals surface area contributed by atoms with Gasteiger partial charge in [-0.1, -0.05) is 72.8 Å². The van der Waals surface area contributed by atoms with E-state index >= 15 is 0 Å². The molecule has 5 aromatic carbocycles. The van der Waals surface area contributed by atoms with Crippen LogP contribution in [0.5, 0.6) is 0 Å². The van der Waals surface area contributed by atoms with E-state index in [2.05, 4.69) is 118 Å². The summed E-state index contributed by atoms with van der Waals surface area (Å²) in [6.07, 6.45) is 0. The van der Waals surface area contributed by atoms with Crippen molar-refractivity contribution in [2.75, 3.05) is 0 Å². The molecule has 8 rings (SSSR count). The molecule has 0 bridgehead atoms. The van der Waals surface area contributed by atoms with Crippen molar-refractivity contribution in [1.82, 2.24) is 9.13 Å². The molecule has 3 aromatic heterocycles. The first kappa shape index (κ1) is 18.6. The van der Waals surface area contributed by atoms with Gasteiger partial charge in [0.05, 0.1) is 22.1 Å². The fraction of sp³-hybridized carbons (Fsp3) is 0. The van der Waals surface area contributed by atoms with E-state index in [1.54, 1.807) is 0 Å². The summed E-state index contributed by atoms with van der Waals surface area (Å²) in [7, 11) is 0. The maximum Gasteiger partial charge on any atom is 0.137 e. The molecule has 0 aliphatic heterocycles. The van der Waals surface area contributed by atoms with Gasteiger partial charge in [-0.15, -0.1) is 0 Å². The molecule has 8 aromatic rings. The number of para-hydroxylation sites is 4. The lowest BCUT2D eigenvalue weighted by molar-refractivity contribution is 0.669. The van der Waals surface area contributed by atoms with E-state index in [9.17, 15) is 0 Å². The highest BCUT2D eigenvalue weighted by Gasteiger charge is 2.23. The molecular weight excluding hydrogens is 428 g/mol. The van der Waals surface area contributed by atoms with Gasteiger partial charge in [0.25, 0.3) is 0 Å². The number of furan rings is 1. The highest BCUT2D eigenvalue weighted by Crippen LogP contribution is 2.43. The summed E-state index contributed by atoms with van der Waals surface area (Å²) in [6.45, 7) is 0. The summed E-state index contributed by atoms with van der Waals surface area (Å²) in [6, 6.07) is 42.8. The highest BCUT2D eigenvalue weighted by atomic mass is 16.3. The lowest BCUT2D eigenvalue weighted by Gasteiger charge is -2.08. The first-order valence-corrected chi connectivity index (χ1v) is 11.9. The van der Waals surface area contributed by atoms with E-state index in [-0.39, 0.29) is 0 Å². The van der Waals surface area contributed by atoms with Gasteiger partial charge in [0.1, 0.15) is 11.2 Å². The van der Waals surface area contributed by atoms with E-state index in [0.717, 1.165) is 38.8 Å². The molecule has 35 heavy (non-hydrogen) atoms. The molecule has 164 valence electrons.